The fourth-order valence-electron chi connectivity index (χ4n) is 4.84. The van der Waals surface area contributed by atoms with Crippen molar-refractivity contribution >= 4 is 22.8 Å². The lowest BCUT2D eigenvalue weighted by Crippen LogP contribution is -2.48. The summed E-state index contributed by atoms with van der Waals surface area (Å²) < 4.78 is 18.8. The maximum atomic E-state index is 13.4. The van der Waals surface area contributed by atoms with Crippen LogP contribution in [0, 0.1) is 17.7 Å². The molecule has 31 heavy (non-hydrogen) atoms. The van der Waals surface area contributed by atoms with Crippen LogP contribution < -0.4 is 4.90 Å². The van der Waals surface area contributed by atoms with Gasteiger partial charge in [0.2, 0.25) is 5.91 Å². The van der Waals surface area contributed by atoms with Crippen molar-refractivity contribution in [2.24, 2.45) is 11.8 Å². The van der Waals surface area contributed by atoms with Gasteiger partial charge in [-0.05, 0) is 55.9 Å². The maximum Gasteiger partial charge on any atom is 0.263 e. The lowest BCUT2D eigenvalue weighted by Gasteiger charge is -2.38. The molecular formula is C23H26FN5O2. The zero-order chi connectivity index (χ0) is 21.4. The van der Waals surface area contributed by atoms with Crippen LogP contribution in [0.4, 0.5) is 10.2 Å². The summed E-state index contributed by atoms with van der Waals surface area (Å²) in [4.78, 5) is 26.2. The first-order valence-corrected chi connectivity index (χ1v) is 11.0. The Balaban J connectivity index is 1.44. The number of carbonyl (C=O) groups excluding carboxylic acids is 1. The first kappa shape index (κ1) is 19.9. The fourth-order valence-corrected chi connectivity index (χ4v) is 4.84. The van der Waals surface area contributed by atoms with Crippen molar-refractivity contribution in [2.45, 2.75) is 32.6 Å². The summed E-state index contributed by atoms with van der Waals surface area (Å²) in [7, 11) is 0. The molecule has 7 nitrogen and oxygen atoms in total. The average molecular weight is 423 g/mol. The summed E-state index contributed by atoms with van der Waals surface area (Å²) in [5.74, 6) is 1.19. The molecular weight excluding hydrogens is 397 g/mol. The Bertz CT molecular complexity index is 1080. The van der Waals surface area contributed by atoms with Crippen molar-refractivity contribution < 1.29 is 13.7 Å². The number of rotatable bonds is 3. The van der Waals surface area contributed by atoms with E-state index in [2.05, 4.69) is 26.9 Å². The number of benzene rings is 1. The molecule has 0 bridgehead atoms. The summed E-state index contributed by atoms with van der Waals surface area (Å²) in [6.45, 7) is 5.35. The highest BCUT2D eigenvalue weighted by Crippen LogP contribution is 2.35. The number of carbonyl (C=O) groups is 1. The van der Waals surface area contributed by atoms with Crippen molar-refractivity contribution in [2.75, 3.05) is 31.1 Å². The second kappa shape index (κ2) is 8.24. The molecule has 5 rings (SSSR count). The molecule has 2 saturated heterocycles. The van der Waals surface area contributed by atoms with E-state index in [4.69, 9.17) is 4.52 Å². The third-order valence-corrected chi connectivity index (χ3v) is 6.41. The summed E-state index contributed by atoms with van der Waals surface area (Å²) >= 11 is 0. The van der Waals surface area contributed by atoms with E-state index >= 15 is 0 Å². The molecule has 8 heteroatoms. The van der Waals surface area contributed by atoms with Crippen LogP contribution in [-0.4, -0.2) is 52.1 Å². The number of likely N-dealkylation sites (tertiary alicyclic amines) is 1. The average Bonchev–Trinajstić information content (AvgIpc) is 3.23. The maximum absolute atomic E-state index is 13.4. The van der Waals surface area contributed by atoms with Crippen LogP contribution in [0.3, 0.4) is 0 Å². The number of aromatic nitrogens is 3. The van der Waals surface area contributed by atoms with Gasteiger partial charge in [-0.3, -0.25) is 4.79 Å². The molecule has 1 aromatic carbocycles. The SMILES string of the molecule is C[C@H]1CCCN(C(=O)[C@@H]2CCCN(c3ncnc4onc(-c5ccc(F)cc5)c34)C2)C1. The van der Waals surface area contributed by atoms with Gasteiger partial charge in [0.15, 0.2) is 0 Å². The van der Waals surface area contributed by atoms with Crippen molar-refractivity contribution in [3.8, 4) is 11.3 Å². The standard InChI is InChI=1S/C23H26FN5O2/c1-15-4-2-11-29(12-15)23(30)17-5-3-10-28(13-17)21-19-20(16-6-8-18(24)9-7-16)27-31-22(19)26-14-25-21/h6-9,14-15,17H,2-5,10-13H2,1H3/t15-,17+/m0/s1. The van der Waals surface area contributed by atoms with Crippen LogP contribution in [0.15, 0.2) is 35.1 Å². The molecule has 0 unspecified atom stereocenters. The molecule has 3 aromatic rings. The molecule has 2 aliphatic rings. The van der Waals surface area contributed by atoms with E-state index in [0.29, 0.717) is 29.3 Å². The molecule has 0 spiro atoms. The zero-order valence-corrected chi connectivity index (χ0v) is 17.6. The first-order valence-electron chi connectivity index (χ1n) is 11.0. The second-order valence-corrected chi connectivity index (χ2v) is 8.73. The zero-order valence-electron chi connectivity index (χ0n) is 17.6. The predicted molar refractivity (Wildman–Crippen MR) is 115 cm³/mol. The molecule has 0 N–H and O–H groups in total. The summed E-state index contributed by atoms with van der Waals surface area (Å²) in [5.41, 5.74) is 1.72. The molecule has 1 amide bonds. The van der Waals surface area contributed by atoms with Gasteiger partial charge in [0, 0.05) is 31.7 Å². The van der Waals surface area contributed by atoms with E-state index in [9.17, 15) is 9.18 Å². The highest BCUT2D eigenvalue weighted by atomic mass is 19.1. The van der Waals surface area contributed by atoms with Gasteiger partial charge in [0.1, 0.15) is 29.0 Å². The predicted octanol–water partition coefficient (Wildman–Crippen LogP) is 3.90. The van der Waals surface area contributed by atoms with Crippen molar-refractivity contribution in [1.82, 2.24) is 20.0 Å². The molecule has 0 saturated carbocycles. The normalized spacial score (nSPS) is 22.1. The largest absolute Gasteiger partial charge is 0.355 e. The minimum atomic E-state index is -0.308. The van der Waals surface area contributed by atoms with Crippen molar-refractivity contribution in [1.29, 1.82) is 0 Å². The van der Waals surface area contributed by atoms with Gasteiger partial charge in [0.25, 0.3) is 5.71 Å². The third-order valence-electron chi connectivity index (χ3n) is 6.41. The minimum Gasteiger partial charge on any atom is -0.355 e. The van der Waals surface area contributed by atoms with Crippen LogP contribution in [0.25, 0.3) is 22.4 Å². The molecule has 0 aliphatic carbocycles. The van der Waals surface area contributed by atoms with E-state index in [0.717, 1.165) is 50.3 Å². The van der Waals surface area contributed by atoms with E-state index in [-0.39, 0.29) is 17.6 Å². The number of fused-ring (bicyclic) bond motifs is 1. The van der Waals surface area contributed by atoms with Gasteiger partial charge in [-0.15, -0.1) is 0 Å². The number of hydrogen-bond donors (Lipinski definition) is 0. The summed E-state index contributed by atoms with van der Waals surface area (Å²) in [5, 5.41) is 4.89. The molecule has 4 heterocycles. The van der Waals surface area contributed by atoms with Crippen molar-refractivity contribution in [3.05, 3.63) is 36.4 Å². The molecule has 0 radical (unpaired) electrons. The van der Waals surface area contributed by atoms with E-state index < -0.39 is 0 Å². The van der Waals surface area contributed by atoms with Crippen LogP contribution >= 0.6 is 0 Å². The van der Waals surface area contributed by atoms with Crippen LogP contribution in [0.2, 0.25) is 0 Å². The third kappa shape index (κ3) is 3.86. The lowest BCUT2D eigenvalue weighted by atomic mass is 9.93. The Hall–Kier alpha value is -3.03. The van der Waals surface area contributed by atoms with Gasteiger partial charge in [0.05, 0.1) is 5.92 Å². The monoisotopic (exact) mass is 423 g/mol. The van der Waals surface area contributed by atoms with Crippen LogP contribution in [0.5, 0.6) is 0 Å². The molecule has 2 aliphatic heterocycles. The number of halogens is 1. The van der Waals surface area contributed by atoms with Gasteiger partial charge in [-0.2, -0.15) is 4.98 Å². The number of amides is 1. The van der Waals surface area contributed by atoms with Crippen LogP contribution in [0.1, 0.15) is 32.6 Å². The molecule has 162 valence electrons. The number of piperidine rings is 2. The first-order chi connectivity index (χ1) is 15.1. The molecule has 2 aromatic heterocycles. The van der Waals surface area contributed by atoms with E-state index in [1.165, 1.54) is 24.9 Å². The fraction of sp³-hybridized carbons (Fsp3) is 0.478. The smallest absolute Gasteiger partial charge is 0.263 e. The van der Waals surface area contributed by atoms with Gasteiger partial charge < -0.3 is 14.3 Å². The second-order valence-electron chi connectivity index (χ2n) is 8.73. The summed E-state index contributed by atoms with van der Waals surface area (Å²) in [6, 6.07) is 6.13. The number of anilines is 1. The number of hydrogen-bond acceptors (Lipinski definition) is 6. The quantitative estimate of drug-likeness (QED) is 0.636. The topological polar surface area (TPSA) is 75.4 Å². The van der Waals surface area contributed by atoms with Crippen LogP contribution in [-0.2, 0) is 4.79 Å². The Labute approximate surface area is 180 Å². The van der Waals surface area contributed by atoms with Gasteiger partial charge in [-0.1, -0.05) is 12.1 Å². The molecule has 2 fully saturated rings. The Morgan fingerprint density at radius 2 is 1.90 bits per heavy atom. The van der Waals surface area contributed by atoms with E-state index in [1.54, 1.807) is 12.1 Å². The number of nitrogens with zero attached hydrogens (tertiary/aromatic N) is 5. The Morgan fingerprint density at radius 3 is 2.71 bits per heavy atom. The van der Waals surface area contributed by atoms with Gasteiger partial charge >= 0.3 is 0 Å². The summed E-state index contributed by atoms with van der Waals surface area (Å²) in [6.07, 6.45) is 5.55. The highest BCUT2D eigenvalue weighted by Gasteiger charge is 2.33. The minimum absolute atomic E-state index is 0.0433. The highest BCUT2D eigenvalue weighted by molar-refractivity contribution is 5.98. The molecule has 2 atom stereocenters. The van der Waals surface area contributed by atoms with Gasteiger partial charge in [-0.25, -0.2) is 9.37 Å². The Morgan fingerprint density at radius 1 is 1.10 bits per heavy atom. The van der Waals surface area contributed by atoms with Crippen molar-refractivity contribution in [3.63, 3.8) is 0 Å². The van der Waals surface area contributed by atoms with E-state index in [1.807, 2.05) is 4.90 Å². The lowest BCUT2D eigenvalue weighted by molar-refractivity contribution is -0.137. The Kier molecular flexibility index (Phi) is 5.29.